The third-order valence-electron chi connectivity index (χ3n) is 3.09. The van der Waals surface area contributed by atoms with Gasteiger partial charge in [0.25, 0.3) is 10.0 Å². The van der Waals surface area contributed by atoms with Crippen LogP contribution < -0.4 is 0 Å². The predicted octanol–water partition coefficient (Wildman–Crippen LogP) is 4.08. The van der Waals surface area contributed by atoms with Gasteiger partial charge in [0.05, 0.1) is 20.7 Å². The van der Waals surface area contributed by atoms with E-state index in [1.165, 1.54) is 38.1 Å². The van der Waals surface area contributed by atoms with Gasteiger partial charge < -0.3 is 0 Å². The number of nitrogens with zero attached hydrogens (tertiary/aromatic N) is 1. The molecule has 0 spiro atoms. The summed E-state index contributed by atoms with van der Waals surface area (Å²) in [6.07, 6.45) is 0. The molecule has 116 valence electrons. The summed E-state index contributed by atoms with van der Waals surface area (Å²) < 4.78 is 28.5. The first kappa shape index (κ1) is 17.2. The average molecular weight is 379 g/mol. The number of hydrogen-bond acceptors (Lipinski definition) is 3. The zero-order chi connectivity index (χ0) is 16.7. The van der Waals surface area contributed by atoms with Crippen molar-refractivity contribution < 1.29 is 13.2 Å². The van der Waals surface area contributed by atoms with Crippen molar-refractivity contribution in [3.63, 3.8) is 0 Å². The number of benzene rings is 1. The molecule has 1 aromatic rings. The van der Waals surface area contributed by atoms with E-state index >= 15 is 0 Å². The van der Waals surface area contributed by atoms with Gasteiger partial charge in [0.1, 0.15) is 0 Å². The van der Waals surface area contributed by atoms with Crippen LogP contribution >= 0.6 is 34.8 Å². The van der Waals surface area contributed by atoms with Gasteiger partial charge in [0.2, 0.25) is 5.78 Å². The van der Waals surface area contributed by atoms with Gasteiger partial charge in [-0.1, -0.05) is 34.8 Å². The number of Topliss-reactive ketones (excluding diaryl/α,β-unsaturated/α-hetero) is 1. The average Bonchev–Trinajstić information content (AvgIpc) is 2.48. The van der Waals surface area contributed by atoms with Crippen molar-refractivity contribution in [1.29, 1.82) is 0 Å². The molecule has 1 aliphatic rings. The minimum Gasteiger partial charge on any atom is -0.287 e. The van der Waals surface area contributed by atoms with Crippen LogP contribution in [0.3, 0.4) is 0 Å². The summed E-state index contributed by atoms with van der Waals surface area (Å²) in [5.74, 6) is -0.541. The van der Waals surface area contributed by atoms with Crippen LogP contribution in [0.4, 0.5) is 0 Å². The third-order valence-corrected chi connectivity index (χ3v) is 5.54. The highest BCUT2D eigenvalue weighted by Gasteiger charge is 2.28. The maximum absolute atomic E-state index is 12.4. The summed E-state index contributed by atoms with van der Waals surface area (Å²) in [5.41, 5.74) is 0.613. The molecule has 1 aliphatic carbocycles. The lowest BCUT2D eigenvalue weighted by atomic mass is 9.97. The number of rotatable bonds is 2. The minimum atomic E-state index is -3.97. The van der Waals surface area contributed by atoms with Crippen LogP contribution in [0.2, 0.25) is 5.02 Å². The maximum Gasteiger partial charge on any atom is 0.282 e. The zero-order valence-electron chi connectivity index (χ0n) is 11.5. The van der Waals surface area contributed by atoms with Crippen LogP contribution in [-0.2, 0) is 14.8 Å². The van der Waals surface area contributed by atoms with Crippen LogP contribution in [0, 0.1) is 0 Å². The topological polar surface area (TPSA) is 63.6 Å². The zero-order valence-corrected chi connectivity index (χ0v) is 14.6. The second-order valence-corrected chi connectivity index (χ2v) is 7.37. The smallest absolute Gasteiger partial charge is 0.282 e. The largest absolute Gasteiger partial charge is 0.287 e. The maximum atomic E-state index is 12.4. The van der Waals surface area contributed by atoms with Gasteiger partial charge in [-0.25, -0.2) is 0 Å². The quantitative estimate of drug-likeness (QED) is 0.728. The molecule has 0 aromatic heterocycles. The lowest BCUT2D eigenvalue weighted by molar-refractivity contribution is -0.111. The minimum absolute atomic E-state index is 0.0193. The number of halogens is 3. The molecule has 0 unspecified atom stereocenters. The van der Waals surface area contributed by atoms with Gasteiger partial charge in [0.15, 0.2) is 0 Å². The van der Waals surface area contributed by atoms with E-state index < -0.39 is 15.8 Å². The van der Waals surface area contributed by atoms with Crippen LogP contribution in [0.15, 0.2) is 54.8 Å². The molecule has 0 fully saturated rings. The van der Waals surface area contributed by atoms with Crippen molar-refractivity contribution in [2.75, 3.05) is 0 Å². The molecule has 0 saturated heterocycles. The van der Waals surface area contributed by atoms with E-state index in [0.29, 0.717) is 5.02 Å². The molecule has 1 aromatic carbocycles. The lowest BCUT2D eigenvalue weighted by Gasteiger charge is -2.16. The fourth-order valence-electron chi connectivity index (χ4n) is 1.84. The van der Waals surface area contributed by atoms with Crippen LogP contribution in [0.25, 0.3) is 0 Å². The summed E-state index contributed by atoms with van der Waals surface area (Å²) in [6.45, 7) is 3.03. The molecule has 0 atom stereocenters. The van der Waals surface area contributed by atoms with E-state index in [1.54, 1.807) is 0 Å². The third kappa shape index (κ3) is 3.13. The molecule has 0 bridgehead atoms. The Bertz CT molecular complexity index is 820. The second-order valence-electron chi connectivity index (χ2n) is 4.58. The van der Waals surface area contributed by atoms with E-state index in [0.717, 1.165) is 0 Å². The molecule has 0 saturated carbocycles. The number of carbonyl (C=O) groups is 1. The van der Waals surface area contributed by atoms with E-state index in [1.807, 2.05) is 0 Å². The number of ketones is 1. The first-order chi connectivity index (χ1) is 10.1. The highest BCUT2D eigenvalue weighted by atomic mass is 35.5. The van der Waals surface area contributed by atoms with Crippen molar-refractivity contribution in [3.8, 4) is 0 Å². The molecule has 2 rings (SSSR count). The summed E-state index contributed by atoms with van der Waals surface area (Å²) in [7, 11) is -3.97. The van der Waals surface area contributed by atoms with Crippen LogP contribution in [-0.4, -0.2) is 19.9 Å². The Hall–Kier alpha value is -1.14. The highest BCUT2D eigenvalue weighted by Crippen LogP contribution is 2.31. The van der Waals surface area contributed by atoms with Crippen molar-refractivity contribution in [3.05, 3.63) is 50.5 Å². The summed E-state index contributed by atoms with van der Waals surface area (Å²) in [4.78, 5) is 11.7. The second kappa shape index (κ2) is 6.16. The van der Waals surface area contributed by atoms with E-state index in [2.05, 4.69) is 4.40 Å². The monoisotopic (exact) mass is 377 g/mol. The number of hydrogen-bond donors (Lipinski definition) is 0. The van der Waals surface area contributed by atoms with Crippen molar-refractivity contribution in [2.45, 2.75) is 18.7 Å². The van der Waals surface area contributed by atoms with Gasteiger partial charge in [-0.3, -0.25) is 4.79 Å². The first-order valence-electron chi connectivity index (χ1n) is 6.04. The molecule has 0 aliphatic heterocycles. The molecule has 8 heteroatoms. The Labute approximate surface area is 143 Å². The van der Waals surface area contributed by atoms with Crippen molar-refractivity contribution in [1.82, 2.24) is 0 Å². The van der Waals surface area contributed by atoms with Crippen LogP contribution in [0.5, 0.6) is 0 Å². The van der Waals surface area contributed by atoms with Crippen molar-refractivity contribution in [2.24, 2.45) is 4.40 Å². The van der Waals surface area contributed by atoms with E-state index in [9.17, 15) is 13.2 Å². The summed E-state index contributed by atoms with van der Waals surface area (Å²) in [5, 5.41) is 0.134. The molecule has 0 N–H and O–H groups in total. The van der Waals surface area contributed by atoms with Gasteiger partial charge in [-0.2, -0.15) is 12.8 Å². The SMILES string of the molecule is CC1=C(Cl)C(=O)C(Cl)=C(C)C1=NS(=O)(=O)c1ccc(Cl)cc1. The predicted molar refractivity (Wildman–Crippen MR) is 88.2 cm³/mol. The Morgan fingerprint density at radius 3 is 1.82 bits per heavy atom. The number of sulfonamides is 1. The Balaban J connectivity index is 2.61. The van der Waals surface area contributed by atoms with Crippen molar-refractivity contribution >= 4 is 56.3 Å². The number of allylic oxidation sites excluding steroid dienone is 4. The van der Waals surface area contributed by atoms with Crippen LogP contribution in [0.1, 0.15) is 13.8 Å². The Kier molecular flexibility index (Phi) is 4.82. The fourth-order valence-corrected chi connectivity index (χ4v) is 3.48. The van der Waals surface area contributed by atoms with Gasteiger partial charge >= 0.3 is 0 Å². The van der Waals surface area contributed by atoms with E-state index in [4.69, 9.17) is 34.8 Å². The van der Waals surface area contributed by atoms with Gasteiger partial charge in [0, 0.05) is 5.02 Å². The molecular weight excluding hydrogens is 369 g/mol. The van der Waals surface area contributed by atoms with E-state index in [-0.39, 0.29) is 31.8 Å². The van der Waals surface area contributed by atoms with Gasteiger partial charge in [-0.15, -0.1) is 0 Å². The lowest BCUT2D eigenvalue weighted by Crippen LogP contribution is -2.19. The molecular formula is C14H10Cl3NO3S. The Morgan fingerprint density at radius 2 is 1.36 bits per heavy atom. The molecule has 0 amide bonds. The normalized spacial score (nSPS) is 16.4. The highest BCUT2D eigenvalue weighted by molar-refractivity contribution is 7.90. The standard InChI is InChI=1S/C14H10Cl3NO3S/c1-7-11(16)14(19)12(17)8(2)13(7)18-22(20,21)10-5-3-9(15)4-6-10/h3-6H,1-2H3. The number of carbonyl (C=O) groups excluding carboxylic acids is 1. The molecule has 4 nitrogen and oxygen atoms in total. The molecule has 0 radical (unpaired) electrons. The summed E-state index contributed by atoms with van der Waals surface area (Å²) >= 11 is 17.5. The first-order valence-corrected chi connectivity index (χ1v) is 8.61. The molecule has 22 heavy (non-hydrogen) atoms. The Morgan fingerprint density at radius 1 is 0.909 bits per heavy atom. The molecule has 0 heterocycles. The fraction of sp³-hybridized carbons (Fsp3) is 0.143. The summed E-state index contributed by atoms with van der Waals surface area (Å²) in [6, 6.07) is 5.59. The van der Waals surface area contributed by atoms with Gasteiger partial charge in [-0.05, 0) is 49.3 Å².